The summed E-state index contributed by atoms with van der Waals surface area (Å²) in [6, 6.07) is 5.12. The number of amides is 1. The average Bonchev–Trinajstić information content (AvgIpc) is 3.08. The van der Waals surface area contributed by atoms with Gasteiger partial charge in [0, 0.05) is 17.7 Å². The Balaban J connectivity index is 1.94. The molecule has 6 nitrogen and oxygen atoms in total. The minimum Gasteiger partial charge on any atom is -0.376 e. The summed E-state index contributed by atoms with van der Waals surface area (Å²) in [6.45, 7) is 4.98. The lowest BCUT2D eigenvalue weighted by Crippen LogP contribution is -2.32. The number of thioether (sulfide) groups is 1. The maximum atomic E-state index is 13.0. The SMILES string of the molecule is CC(C)NC(=O)CSc1nc2cc(Cl)ccc2c(=O)n1C[C@H]1CCCO1. The smallest absolute Gasteiger partial charge is 0.262 e. The zero-order valence-electron chi connectivity index (χ0n) is 14.8. The van der Waals surface area contributed by atoms with Crippen LogP contribution in [0.25, 0.3) is 10.9 Å². The highest BCUT2D eigenvalue weighted by atomic mass is 35.5. The first-order chi connectivity index (χ1) is 12.4. The fourth-order valence-electron chi connectivity index (χ4n) is 2.93. The Kier molecular flexibility index (Phi) is 6.21. The standard InChI is InChI=1S/C18H22ClN3O3S/c1-11(2)20-16(23)10-26-18-21-15-8-12(19)5-6-14(15)17(24)22(18)9-13-4-3-7-25-13/h5-6,8,11,13H,3-4,7,9-10H2,1-2H3,(H,20,23)/t13-/m1/s1. The second kappa shape index (κ2) is 8.41. The number of nitrogens with one attached hydrogen (secondary N) is 1. The van der Waals surface area contributed by atoms with Gasteiger partial charge in [-0.1, -0.05) is 23.4 Å². The van der Waals surface area contributed by atoms with Gasteiger partial charge in [-0.2, -0.15) is 0 Å². The summed E-state index contributed by atoms with van der Waals surface area (Å²) >= 11 is 7.30. The third-order valence-corrected chi connectivity index (χ3v) is 5.29. The number of halogens is 1. The van der Waals surface area contributed by atoms with Crippen molar-refractivity contribution < 1.29 is 9.53 Å². The van der Waals surface area contributed by atoms with Crippen LogP contribution >= 0.6 is 23.4 Å². The van der Waals surface area contributed by atoms with E-state index in [4.69, 9.17) is 16.3 Å². The Morgan fingerprint density at radius 2 is 2.31 bits per heavy atom. The van der Waals surface area contributed by atoms with E-state index in [-0.39, 0.29) is 29.4 Å². The second-order valence-corrected chi connectivity index (χ2v) is 8.00. The molecule has 0 radical (unpaired) electrons. The van der Waals surface area contributed by atoms with Gasteiger partial charge in [-0.05, 0) is 44.9 Å². The van der Waals surface area contributed by atoms with E-state index in [2.05, 4.69) is 10.3 Å². The molecule has 0 saturated carbocycles. The quantitative estimate of drug-likeness (QED) is 0.601. The highest BCUT2D eigenvalue weighted by Crippen LogP contribution is 2.22. The monoisotopic (exact) mass is 395 g/mol. The normalized spacial score (nSPS) is 17.2. The van der Waals surface area contributed by atoms with Gasteiger partial charge >= 0.3 is 0 Å². The van der Waals surface area contributed by atoms with Crippen molar-refractivity contribution in [1.29, 1.82) is 0 Å². The van der Waals surface area contributed by atoms with Crippen molar-refractivity contribution in [3.63, 3.8) is 0 Å². The number of fused-ring (bicyclic) bond motifs is 1. The van der Waals surface area contributed by atoms with E-state index in [0.29, 0.717) is 27.6 Å². The Morgan fingerprint density at radius 1 is 1.50 bits per heavy atom. The number of hydrogen-bond donors (Lipinski definition) is 1. The molecule has 0 aliphatic carbocycles. The van der Waals surface area contributed by atoms with E-state index in [1.807, 2.05) is 13.8 Å². The summed E-state index contributed by atoms with van der Waals surface area (Å²) in [5.74, 6) is 0.108. The predicted molar refractivity (Wildman–Crippen MR) is 104 cm³/mol. The Labute approximate surface area is 161 Å². The maximum Gasteiger partial charge on any atom is 0.262 e. The van der Waals surface area contributed by atoms with Gasteiger partial charge in [0.15, 0.2) is 5.16 Å². The third-order valence-electron chi connectivity index (χ3n) is 4.07. The van der Waals surface area contributed by atoms with Gasteiger partial charge in [0.1, 0.15) is 0 Å². The van der Waals surface area contributed by atoms with Crippen molar-refractivity contribution in [2.75, 3.05) is 12.4 Å². The largest absolute Gasteiger partial charge is 0.376 e. The number of hydrogen-bond acceptors (Lipinski definition) is 5. The first kappa shape index (κ1) is 19.2. The summed E-state index contributed by atoms with van der Waals surface area (Å²) in [4.78, 5) is 29.6. The molecule has 1 saturated heterocycles. The Hall–Kier alpha value is -1.57. The lowest BCUT2D eigenvalue weighted by molar-refractivity contribution is -0.119. The molecule has 1 fully saturated rings. The zero-order valence-corrected chi connectivity index (χ0v) is 16.4. The van der Waals surface area contributed by atoms with Crippen molar-refractivity contribution >= 4 is 40.2 Å². The maximum absolute atomic E-state index is 13.0. The van der Waals surface area contributed by atoms with Crippen LogP contribution in [0.2, 0.25) is 5.02 Å². The topological polar surface area (TPSA) is 73.2 Å². The molecule has 1 amide bonds. The Bertz CT molecular complexity index is 863. The first-order valence-corrected chi connectivity index (χ1v) is 10.0. The average molecular weight is 396 g/mol. The van der Waals surface area contributed by atoms with Crippen LogP contribution < -0.4 is 10.9 Å². The number of nitrogens with zero attached hydrogens (tertiary/aromatic N) is 2. The first-order valence-electron chi connectivity index (χ1n) is 8.68. The molecular formula is C18H22ClN3O3S. The minimum absolute atomic E-state index is 0.00286. The van der Waals surface area contributed by atoms with Crippen molar-refractivity contribution in [1.82, 2.24) is 14.9 Å². The van der Waals surface area contributed by atoms with Gasteiger partial charge in [-0.3, -0.25) is 14.2 Å². The fourth-order valence-corrected chi connectivity index (χ4v) is 3.92. The van der Waals surface area contributed by atoms with Gasteiger partial charge < -0.3 is 10.1 Å². The van der Waals surface area contributed by atoms with Gasteiger partial charge in [0.05, 0.1) is 29.3 Å². The molecule has 0 bridgehead atoms. The Morgan fingerprint density at radius 3 is 3.00 bits per heavy atom. The van der Waals surface area contributed by atoms with Gasteiger partial charge in [-0.15, -0.1) is 0 Å². The van der Waals surface area contributed by atoms with Gasteiger partial charge in [0.25, 0.3) is 5.56 Å². The molecule has 1 atom stereocenters. The molecule has 1 aromatic carbocycles. The van der Waals surface area contributed by atoms with E-state index in [0.717, 1.165) is 19.4 Å². The molecular weight excluding hydrogens is 374 g/mol. The molecule has 8 heteroatoms. The number of benzene rings is 1. The van der Waals surface area contributed by atoms with Crippen molar-refractivity contribution in [3.05, 3.63) is 33.6 Å². The molecule has 0 unspecified atom stereocenters. The minimum atomic E-state index is -0.131. The van der Waals surface area contributed by atoms with Crippen LogP contribution in [-0.2, 0) is 16.1 Å². The number of carbonyl (C=O) groups excluding carboxylic acids is 1. The van der Waals surface area contributed by atoms with E-state index < -0.39 is 0 Å². The molecule has 1 aromatic heterocycles. The summed E-state index contributed by atoms with van der Waals surface area (Å²) < 4.78 is 7.30. The van der Waals surface area contributed by atoms with Crippen LogP contribution in [0, 0.1) is 0 Å². The number of ether oxygens (including phenoxy) is 1. The number of carbonyl (C=O) groups is 1. The van der Waals surface area contributed by atoms with Crippen LogP contribution in [0.1, 0.15) is 26.7 Å². The van der Waals surface area contributed by atoms with Crippen LogP contribution in [0.3, 0.4) is 0 Å². The van der Waals surface area contributed by atoms with Gasteiger partial charge in [-0.25, -0.2) is 4.98 Å². The molecule has 26 heavy (non-hydrogen) atoms. The molecule has 2 aromatic rings. The van der Waals surface area contributed by atoms with E-state index in [1.165, 1.54) is 11.8 Å². The summed E-state index contributed by atoms with van der Waals surface area (Å²) in [6.07, 6.45) is 1.92. The third kappa shape index (κ3) is 4.58. The van der Waals surface area contributed by atoms with E-state index in [9.17, 15) is 9.59 Å². The zero-order chi connectivity index (χ0) is 18.7. The van der Waals surface area contributed by atoms with E-state index >= 15 is 0 Å². The second-order valence-electron chi connectivity index (χ2n) is 6.62. The lowest BCUT2D eigenvalue weighted by Gasteiger charge is -2.16. The summed E-state index contributed by atoms with van der Waals surface area (Å²) in [5.41, 5.74) is 0.409. The van der Waals surface area contributed by atoms with Crippen LogP contribution in [-0.4, -0.2) is 40.0 Å². The fraction of sp³-hybridized carbons (Fsp3) is 0.500. The van der Waals surface area contributed by atoms with Gasteiger partial charge in [0.2, 0.25) is 5.91 Å². The predicted octanol–water partition coefficient (Wildman–Crippen LogP) is 2.85. The van der Waals surface area contributed by atoms with Crippen molar-refractivity contribution in [2.45, 2.75) is 50.5 Å². The lowest BCUT2D eigenvalue weighted by atomic mass is 10.2. The summed E-state index contributed by atoms with van der Waals surface area (Å²) in [7, 11) is 0. The van der Waals surface area contributed by atoms with Crippen LogP contribution in [0.4, 0.5) is 0 Å². The van der Waals surface area contributed by atoms with Crippen LogP contribution in [0.5, 0.6) is 0 Å². The number of aromatic nitrogens is 2. The molecule has 3 rings (SSSR count). The molecule has 1 N–H and O–H groups in total. The molecule has 0 spiro atoms. The molecule has 2 heterocycles. The van der Waals surface area contributed by atoms with Crippen LogP contribution in [0.15, 0.2) is 28.2 Å². The summed E-state index contributed by atoms with van der Waals surface area (Å²) in [5, 5.41) is 4.40. The number of rotatable bonds is 6. The molecule has 1 aliphatic rings. The van der Waals surface area contributed by atoms with Crippen molar-refractivity contribution in [2.24, 2.45) is 0 Å². The highest BCUT2D eigenvalue weighted by molar-refractivity contribution is 7.99. The van der Waals surface area contributed by atoms with E-state index in [1.54, 1.807) is 22.8 Å². The molecule has 140 valence electrons. The highest BCUT2D eigenvalue weighted by Gasteiger charge is 2.21. The molecule has 1 aliphatic heterocycles. The van der Waals surface area contributed by atoms with Crippen molar-refractivity contribution in [3.8, 4) is 0 Å².